The Morgan fingerprint density at radius 2 is 2.00 bits per heavy atom. The zero-order chi connectivity index (χ0) is 15.8. The molecule has 0 spiro atoms. The number of carbonyl (C=O) groups is 2. The van der Waals surface area contributed by atoms with Crippen LogP contribution in [0, 0.1) is 11.7 Å². The molecule has 0 aliphatic rings. The lowest BCUT2D eigenvalue weighted by Gasteiger charge is -2.09. The SMILES string of the molecule is COc1ccc(C(=O)NCCC(=O)NCC(C)C)c(F)c1. The predicted molar refractivity (Wildman–Crippen MR) is 77.7 cm³/mol. The van der Waals surface area contributed by atoms with Gasteiger partial charge in [0.25, 0.3) is 5.91 Å². The second-order valence-electron chi connectivity index (χ2n) is 5.05. The van der Waals surface area contributed by atoms with Gasteiger partial charge in [0.1, 0.15) is 11.6 Å². The fourth-order valence-corrected chi connectivity index (χ4v) is 1.60. The van der Waals surface area contributed by atoms with Crippen LogP contribution in [0.1, 0.15) is 30.6 Å². The molecule has 116 valence electrons. The van der Waals surface area contributed by atoms with Crippen LogP contribution in [0.4, 0.5) is 4.39 Å². The average Bonchev–Trinajstić information content (AvgIpc) is 2.44. The molecule has 0 aliphatic carbocycles. The summed E-state index contributed by atoms with van der Waals surface area (Å²) in [6.45, 7) is 4.75. The summed E-state index contributed by atoms with van der Waals surface area (Å²) in [7, 11) is 1.42. The number of halogens is 1. The molecular weight excluding hydrogens is 275 g/mol. The number of nitrogens with one attached hydrogen (secondary N) is 2. The number of benzene rings is 1. The van der Waals surface area contributed by atoms with Gasteiger partial charge in [0.15, 0.2) is 0 Å². The van der Waals surface area contributed by atoms with Crippen LogP contribution in [0.5, 0.6) is 5.75 Å². The number of rotatable bonds is 7. The van der Waals surface area contributed by atoms with Crippen molar-refractivity contribution in [2.24, 2.45) is 5.92 Å². The Hall–Kier alpha value is -2.11. The topological polar surface area (TPSA) is 67.4 Å². The lowest BCUT2D eigenvalue weighted by molar-refractivity contribution is -0.121. The van der Waals surface area contributed by atoms with Gasteiger partial charge in [0.05, 0.1) is 12.7 Å². The minimum atomic E-state index is -0.656. The average molecular weight is 296 g/mol. The van der Waals surface area contributed by atoms with Crippen LogP contribution in [0.25, 0.3) is 0 Å². The molecule has 0 saturated heterocycles. The quantitative estimate of drug-likeness (QED) is 0.805. The second-order valence-corrected chi connectivity index (χ2v) is 5.05. The Labute approximate surface area is 123 Å². The first-order chi connectivity index (χ1) is 9.93. The van der Waals surface area contributed by atoms with Crippen molar-refractivity contribution < 1.29 is 18.7 Å². The smallest absolute Gasteiger partial charge is 0.254 e. The Kier molecular flexibility index (Phi) is 6.65. The summed E-state index contributed by atoms with van der Waals surface area (Å²) in [5, 5.41) is 5.26. The highest BCUT2D eigenvalue weighted by Gasteiger charge is 2.12. The van der Waals surface area contributed by atoms with Gasteiger partial charge in [0.2, 0.25) is 5.91 Å². The molecule has 0 aliphatic heterocycles. The van der Waals surface area contributed by atoms with Crippen molar-refractivity contribution in [1.82, 2.24) is 10.6 Å². The third-order valence-corrected chi connectivity index (χ3v) is 2.77. The molecule has 1 rings (SSSR count). The number of methoxy groups -OCH3 is 1. The summed E-state index contributed by atoms with van der Waals surface area (Å²) in [5.74, 6) is -0.629. The van der Waals surface area contributed by atoms with Gasteiger partial charge in [-0.25, -0.2) is 4.39 Å². The number of ether oxygens (including phenoxy) is 1. The predicted octanol–water partition coefficient (Wildman–Crippen LogP) is 1.73. The Balaban J connectivity index is 2.42. The first-order valence-corrected chi connectivity index (χ1v) is 6.82. The second kappa shape index (κ2) is 8.24. The van der Waals surface area contributed by atoms with Gasteiger partial charge in [-0.1, -0.05) is 13.8 Å². The number of amides is 2. The van der Waals surface area contributed by atoms with Crippen molar-refractivity contribution in [2.75, 3.05) is 20.2 Å². The van der Waals surface area contributed by atoms with Crippen LogP contribution in [-0.2, 0) is 4.79 Å². The van der Waals surface area contributed by atoms with Crippen LogP contribution in [0.2, 0.25) is 0 Å². The lowest BCUT2D eigenvalue weighted by atomic mass is 10.2. The summed E-state index contributed by atoms with van der Waals surface area (Å²) in [6.07, 6.45) is 0.163. The standard InChI is InChI=1S/C15H21FN2O3/c1-10(2)9-18-14(19)6-7-17-15(20)12-5-4-11(21-3)8-13(12)16/h4-5,8,10H,6-7,9H2,1-3H3,(H,17,20)(H,18,19). The first-order valence-electron chi connectivity index (χ1n) is 6.82. The fourth-order valence-electron chi connectivity index (χ4n) is 1.60. The maximum atomic E-state index is 13.7. The van der Waals surface area contributed by atoms with E-state index in [2.05, 4.69) is 10.6 Å². The van der Waals surface area contributed by atoms with Crippen LogP contribution >= 0.6 is 0 Å². The van der Waals surface area contributed by atoms with Crippen LogP contribution in [0.3, 0.4) is 0 Å². The van der Waals surface area contributed by atoms with Crippen molar-refractivity contribution in [2.45, 2.75) is 20.3 Å². The van der Waals surface area contributed by atoms with E-state index in [1.807, 2.05) is 13.8 Å². The van der Waals surface area contributed by atoms with Crippen LogP contribution in [-0.4, -0.2) is 32.0 Å². The van der Waals surface area contributed by atoms with Gasteiger partial charge < -0.3 is 15.4 Å². The van der Waals surface area contributed by atoms with Crippen molar-refractivity contribution in [3.63, 3.8) is 0 Å². The number of hydrogen-bond acceptors (Lipinski definition) is 3. The highest BCUT2D eigenvalue weighted by molar-refractivity contribution is 5.94. The molecule has 0 atom stereocenters. The maximum absolute atomic E-state index is 13.7. The summed E-state index contributed by atoms with van der Waals surface area (Å²) in [6, 6.07) is 4.00. The number of hydrogen-bond donors (Lipinski definition) is 2. The van der Waals surface area contributed by atoms with Gasteiger partial charge in [-0.05, 0) is 18.1 Å². The van der Waals surface area contributed by atoms with E-state index >= 15 is 0 Å². The Morgan fingerprint density at radius 3 is 2.57 bits per heavy atom. The first kappa shape index (κ1) is 16.9. The third kappa shape index (κ3) is 5.81. The number of carbonyl (C=O) groups excluding carboxylic acids is 2. The highest BCUT2D eigenvalue weighted by atomic mass is 19.1. The lowest BCUT2D eigenvalue weighted by Crippen LogP contribution is -2.32. The molecule has 1 aromatic carbocycles. The Bertz CT molecular complexity index is 504. The molecule has 21 heavy (non-hydrogen) atoms. The Morgan fingerprint density at radius 1 is 1.29 bits per heavy atom. The minimum absolute atomic E-state index is 0.0709. The molecule has 0 radical (unpaired) electrons. The summed E-state index contributed by atoms with van der Waals surface area (Å²) in [4.78, 5) is 23.3. The van der Waals surface area contributed by atoms with Gasteiger partial charge in [-0.3, -0.25) is 9.59 Å². The van der Waals surface area contributed by atoms with Crippen molar-refractivity contribution in [3.05, 3.63) is 29.6 Å². The molecular formula is C15H21FN2O3. The van der Waals surface area contributed by atoms with Gasteiger partial charge in [-0.2, -0.15) is 0 Å². The van der Waals surface area contributed by atoms with Crippen LogP contribution in [0.15, 0.2) is 18.2 Å². The molecule has 0 unspecified atom stereocenters. The van der Waals surface area contributed by atoms with E-state index < -0.39 is 11.7 Å². The molecule has 2 N–H and O–H groups in total. The van der Waals surface area contributed by atoms with E-state index in [0.717, 1.165) is 6.07 Å². The zero-order valence-electron chi connectivity index (χ0n) is 12.5. The molecule has 0 aromatic heterocycles. The molecule has 0 saturated carbocycles. The van der Waals surface area contributed by atoms with Gasteiger partial charge in [0, 0.05) is 25.6 Å². The van der Waals surface area contributed by atoms with Crippen molar-refractivity contribution >= 4 is 11.8 Å². The van der Waals surface area contributed by atoms with E-state index in [4.69, 9.17) is 4.74 Å². The van der Waals surface area contributed by atoms with E-state index in [9.17, 15) is 14.0 Å². The van der Waals surface area contributed by atoms with E-state index in [1.54, 1.807) is 0 Å². The summed E-state index contributed by atoms with van der Waals surface area (Å²) < 4.78 is 18.5. The maximum Gasteiger partial charge on any atom is 0.254 e. The summed E-state index contributed by atoms with van der Waals surface area (Å²) >= 11 is 0. The van der Waals surface area contributed by atoms with Gasteiger partial charge >= 0.3 is 0 Å². The molecule has 0 fully saturated rings. The van der Waals surface area contributed by atoms with E-state index in [0.29, 0.717) is 18.2 Å². The minimum Gasteiger partial charge on any atom is -0.497 e. The van der Waals surface area contributed by atoms with Gasteiger partial charge in [-0.15, -0.1) is 0 Å². The van der Waals surface area contributed by atoms with E-state index in [-0.39, 0.29) is 24.4 Å². The van der Waals surface area contributed by atoms with Crippen molar-refractivity contribution in [1.29, 1.82) is 0 Å². The fraction of sp³-hybridized carbons (Fsp3) is 0.467. The van der Waals surface area contributed by atoms with Crippen molar-refractivity contribution in [3.8, 4) is 5.75 Å². The molecule has 0 bridgehead atoms. The largest absolute Gasteiger partial charge is 0.497 e. The van der Waals surface area contributed by atoms with E-state index in [1.165, 1.54) is 19.2 Å². The molecule has 6 heteroatoms. The monoisotopic (exact) mass is 296 g/mol. The molecule has 1 aromatic rings. The molecule has 5 nitrogen and oxygen atoms in total. The third-order valence-electron chi connectivity index (χ3n) is 2.77. The zero-order valence-corrected chi connectivity index (χ0v) is 12.5. The molecule has 2 amide bonds. The molecule has 0 heterocycles. The summed E-state index contributed by atoms with van der Waals surface area (Å²) in [5.41, 5.74) is -0.0709. The highest BCUT2D eigenvalue weighted by Crippen LogP contribution is 2.15. The van der Waals surface area contributed by atoms with Crippen LogP contribution < -0.4 is 15.4 Å². The normalized spacial score (nSPS) is 10.3.